The molecule has 3 heterocycles. The van der Waals surface area contributed by atoms with Crippen LogP contribution in [0.4, 0.5) is 0 Å². The molecule has 1 spiro atoms. The lowest BCUT2D eigenvalue weighted by atomic mass is 9.76. The number of halogens is 3. The molecule has 2 atom stereocenters. The summed E-state index contributed by atoms with van der Waals surface area (Å²) in [4.78, 5) is 33.6. The predicted octanol–water partition coefficient (Wildman–Crippen LogP) is 6.82. The van der Waals surface area contributed by atoms with E-state index in [1.54, 1.807) is 0 Å². The Labute approximate surface area is 268 Å². The Morgan fingerprint density at radius 2 is 1.55 bits per heavy atom. The molecule has 8 heteroatoms. The fraction of sp³-hybridized carbons (Fsp3) is 0.412. The summed E-state index contributed by atoms with van der Waals surface area (Å²) in [6.07, 6.45) is 3.12. The van der Waals surface area contributed by atoms with Gasteiger partial charge in [-0.3, -0.25) is 9.59 Å². The molecule has 0 aliphatic carbocycles. The average molecular weight is 672 g/mol. The first kappa shape index (κ1) is 31.1. The van der Waals surface area contributed by atoms with E-state index in [1.807, 2.05) is 41.3 Å². The zero-order valence-electron chi connectivity index (χ0n) is 23.8. The first-order valence-electron chi connectivity index (χ1n) is 14.7. The van der Waals surface area contributed by atoms with E-state index in [9.17, 15) is 9.59 Å². The number of amides is 2. The van der Waals surface area contributed by atoms with Crippen molar-refractivity contribution in [3.8, 4) is 0 Å². The number of carbonyl (C=O) groups excluding carboxylic acids is 2. The Morgan fingerprint density at radius 1 is 0.881 bits per heavy atom. The van der Waals surface area contributed by atoms with Gasteiger partial charge < -0.3 is 14.7 Å². The summed E-state index contributed by atoms with van der Waals surface area (Å²) < 4.78 is 1.06. The molecule has 3 saturated heterocycles. The molecule has 5 nitrogen and oxygen atoms in total. The fourth-order valence-corrected chi connectivity index (χ4v) is 7.53. The SMILES string of the molecule is Cl.O=C(Cc1ccccc1Cl)N1C[C@H](CN2CCC3(CC2)CCN(Cc2ccc(Br)cc2)C3=O)[C@@H](c2ccccc2)C1. The molecule has 0 radical (unpaired) electrons. The van der Waals surface area contributed by atoms with Gasteiger partial charge in [-0.25, -0.2) is 0 Å². The van der Waals surface area contributed by atoms with E-state index in [-0.39, 0.29) is 23.7 Å². The van der Waals surface area contributed by atoms with Crippen LogP contribution in [0.1, 0.15) is 41.9 Å². The van der Waals surface area contributed by atoms with Crippen LogP contribution in [-0.4, -0.2) is 65.8 Å². The van der Waals surface area contributed by atoms with Crippen molar-refractivity contribution in [1.29, 1.82) is 0 Å². The maximum Gasteiger partial charge on any atom is 0.229 e. The minimum Gasteiger partial charge on any atom is -0.341 e. The molecule has 2 amide bonds. The average Bonchev–Trinajstić information content (AvgIpc) is 3.54. The van der Waals surface area contributed by atoms with E-state index >= 15 is 0 Å². The van der Waals surface area contributed by atoms with Crippen LogP contribution in [-0.2, 0) is 22.6 Å². The van der Waals surface area contributed by atoms with E-state index in [0.717, 1.165) is 68.6 Å². The molecule has 3 aliphatic rings. The van der Waals surface area contributed by atoms with Crippen LogP contribution >= 0.6 is 39.9 Å². The van der Waals surface area contributed by atoms with Gasteiger partial charge in [0.1, 0.15) is 0 Å². The summed E-state index contributed by atoms with van der Waals surface area (Å²) in [5, 5.41) is 0.648. The van der Waals surface area contributed by atoms with Crippen molar-refractivity contribution in [2.75, 3.05) is 39.3 Å². The van der Waals surface area contributed by atoms with Crippen molar-refractivity contribution >= 4 is 51.8 Å². The summed E-state index contributed by atoms with van der Waals surface area (Å²) in [7, 11) is 0. The van der Waals surface area contributed by atoms with Crippen molar-refractivity contribution in [3.05, 3.63) is 105 Å². The lowest BCUT2D eigenvalue weighted by Gasteiger charge is -2.39. The van der Waals surface area contributed by atoms with Crippen LogP contribution in [0.5, 0.6) is 0 Å². The second-order valence-corrected chi connectivity index (χ2v) is 13.4. The predicted molar refractivity (Wildman–Crippen MR) is 174 cm³/mol. The highest BCUT2D eigenvalue weighted by atomic mass is 79.9. The molecular formula is C34H38BrCl2N3O2. The van der Waals surface area contributed by atoms with Crippen molar-refractivity contribution in [3.63, 3.8) is 0 Å². The first-order chi connectivity index (χ1) is 19.9. The van der Waals surface area contributed by atoms with E-state index in [0.29, 0.717) is 35.7 Å². The molecule has 6 rings (SSSR count). The Kier molecular flexibility index (Phi) is 9.99. The molecule has 0 N–H and O–H groups in total. The zero-order valence-corrected chi connectivity index (χ0v) is 26.9. The highest BCUT2D eigenvalue weighted by Crippen LogP contribution is 2.43. The Hall–Kier alpha value is -2.38. The van der Waals surface area contributed by atoms with Gasteiger partial charge in [0.2, 0.25) is 11.8 Å². The minimum atomic E-state index is -0.211. The van der Waals surface area contributed by atoms with Crippen LogP contribution in [0.25, 0.3) is 0 Å². The van der Waals surface area contributed by atoms with Crippen LogP contribution in [0.2, 0.25) is 5.02 Å². The van der Waals surface area contributed by atoms with Gasteiger partial charge in [0.25, 0.3) is 0 Å². The van der Waals surface area contributed by atoms with Gasteiger partial charge in [-0.05, 0) is 73.2 Å². The third kappa shape index (κ3) is 6.72. The van der Waals surface area contributed by atoms with E-state index in [1.165, 1.54) is 11.1 Å². The summed E-state index contributed by atoms with van der Waals surface area (Å²) >= 11 is 9.87. The number of benzene rings is 3. The van der Waals surface area contributed by atoms with Gasteiger partial charge in [0.05, 0.1) is 11.8 Å². The molecule has 3 aromatic carbocycles. The van der Waals surface area contributed by atoms with Crippen LogP contribution in [0.15, 0.2) is 83.3 Å². The third-order valence-electron chi connectivity index (χ3n) is 9.51. The smallest absolute Gasteiger partial charge is 0.229 e. The van der Waals surface area contributed by atoms with Crippen molar-refractivity contribution < 1.29 is 9.59 Å². The topological polar surface area (TPSA) is 43.9 Å². The monoisotopic (exact) mass is 669 g/mol. The number of piperidine rings is 1. The summed E-state index contributed by atoms with van der Waals surface area (Å²) in [6, 6.07) is 26.5. The quantitative estimate of drug-likeness (QED) is 0.277. The van der Waals surface area contributed by atoms with Crippen LogP contribution < -0.4 is 0 Å². The Balaban J connectivity index is 0.00000353. The largest absolute Gasteiger partial charge is 0.341 e. The number of nitrogens with zero attached hydrogens (tertiary/aromatic N) is 3. The van der Waals surface area contributed by atoms with Gasteiger partial charge in [-0.15, -0.1) is 12.4 Å². The maximum absolute atomic E-state index is 13.6. The van der Waals surface area contributed by atoms with Crippen LogP contribution in [0, 0.1) is 11.3 Å². The molecular weight excluding hydrogens is 633 g/mol. The fourth-order valence-electron chi connectivity index (χ4n) is 7.07. The highest BCUT2D eigenvalue weighted by molar-refractivity contribution is 9.10. The molecule has 3 aromatic rings. The molecule has 42 heavy (non-hydrogen) atoms. The number of rotatable bonds is 7. The van der Waals surface area contributed by atoms with Crippen molar-refractivity contribution in [2.24, 2.45) is 11.3 Å². The summed E-state index contributed by atoms with van der Waals surface area (Å²) in [6.45, 7) is 5.84. The minimum absolute atomic E-state index is 0. The van der Waals surface area contributed by atoms with Crippen molar-refractivity contribution in [1.82, 2.24) is 14.7 Å². The number of carbonyl (C=O) groups is 2. The lowest BCUT2D eigenvalue weighted by molar-refractivity contribution is -0.139. The third-order valence-corrected chi connectivity index (χ3v) is 10.4. The number of hydrogen-bond donors (Lipinski definition) is 0. The standard InChI is InChI=1S/C34H37BrClN3O2.ClH/c35-29-12-10-25(11-13-29)21-38-19-16-34(33(38)41)14-17-37(18-15-34)22-28-23-39(24-30(28)26-6-2-1-3-7-26)32(40)20-27-8-4-5-9-31(27)36;/h1-13,28,30H,14-24H2;1H/t28-,30+;/m0./s1. The van der Waals surface area contributed by atoms with Gasteiger partial charge in [0.15, 0.2) is 0 Å². The van der Waals surface area contributed by atoms with E-state index < -0.39 is 0 Å². The van der Waals surface area contributed by atoms with Crippen LogP contribution in [0.3, 0.4) is 0 Å². The summed E-state index contributed by atoms with van der Waals surface area (Å²) in [5.41, 5.74) is 3.15. The number of likely N-dealkylation sites (tertiary alicyclic amines) is 3. The molecule has 0 unspecified atom stereocenters. The first-order valence-corrected chi connectivity index (χ1v) is 15.9. The number of hydrogen-bond acceptors (Lipinski definition) is 3. The molecule has 3 fully saturated rings. The van der Waals surface area contributed by atoms with Gasteiger partial charge in [-0.1, -0.05) is 88.2 Å². The van der Waals surface area contributed by atoms with Gasteiger partial charge in [0, 0.05) is 48.1 Å². The second kappa shape index (κ2) is 13.5. The van der Waals surface area contributed by atoms with E-state index in [4.69, 9.17) is 11.6 Å². The Morgan fingerprint density at radius 3 is 2.26 bits per heavy atom. The molecule has 222 valence electrons. The highest BCUT2D eigenvalue weighted by Gasteiger charge is 2.48. The van der Waals surface area contributed by atoms with E-state index in [2.05, 4.69) is 68.2 Å². The van der Waals surface area contributed by atoms with Gasteiger partial charge in [-0.2, -0.15) is 0 Å². The molecule has 0 bridgehead atoms. The normalized spacial score (nSPS) is 22.0. The molecule has 0 saturated carbocycles. The zero-order chi connectivity index (χ0) is 28.4. The van der Waals surface area contributed by atoms with Crippen molar-refractivity contribution in [2.45, 2.75) is 38.1 Å². The van der Waals surface area contributed by atoms with Gasteiger partial charge >= 0.3 is 0 Å². The summed E-state index contributed by atoms with van der Waals surface area (Å²) in [5.74, 6) is 1.13. The molecule has 0 aromatic heterocycles. The lowest BCUT2D eigenvalue weighted by Crippen LogP contribution is -2.46. The Bertz CT molecular complexity index is 1380. The molecule has 3 aliphatic heterocycles. The maximum atomic E-state index is 13.6. The second-order valence-electron chi connectivity index (χ2n) is 12.0.